The van der Waals surface area contributed by atoms with Gasteiger partial charge in [0, 0.05) is 24.0 Å². The Balaban J connectivity index is 1.89. The lowest BCUT2D eigenvalue weighted by molar-refractivity contribution is -0.165. The highest BCUT2D eigenvalue weighted by atomic mass is 16.8. The van der Waals surface area contributed by atoms with Crippen LogP contribution in [0.3, 0.4) is 0 Å². The van der Waals surface area contributed by atoms with E-state index in [4.69, 9.17) is 15.0 Å². The maximum absolute atomic E-state index is 9.64. The number of benzene rings is 1. The van der Waals surface area contributed by atoms with Crippen LogP contribution in [0.15, 0.2) is 35.4 Å². The predicted molar refractivity (Wildman–Crippen MR) is 83.0 cm³/mol. The van der Waals surface area contributed by atoms with Crippen LogP contribution in [-0.2, 0) is 16.0 Å². The van der Waals surface area contributed by atoms with Crippen molar-refractivity contribution in [2.45, 2.75) is 50.5 Å². The van der Waals surface area contributed by atoms with Gasteiger partial charge in [0.05, 0.1) is 6.07 Å². The molecule has 7 heteroatoms. The number of ether oxygens (including phenoxy) is 2. The molecule has 3 rings (SSSR count). The predicted octanol–water partition coefficient (Wildman–Crippen LogP) is 2.59. The molecule has 7 nitrogen and oxygen atoms in total. The van der Waals surface area contributed by atoms with E-state index in [0.29, 0.717) is 6.54 Å². The van der Waals surface area contributed by atoms with E-state index in [1.54, 1.807) is 0 Å². The van der Waals surface area contributed by atoms with Crippen LogP contribution >= 0.6 is 0 Å². The van der Waals surface area contributed by atoms with Gasteiger partial charge in [-0.1, -0.05) is 35.4 Å². The summed E-state index contributed by atoms with van der Waals surface area (Å²) in [6, 6.07) is 11.6. The van der Waals surface area contributed by atoms with Gasteiger partial charge in [0.15, 0.2) is 5.79 Å². The topological polar surface area (TPSA) is 94.2 Å². The summed E-state index contributed by atoms with van der Waals surface area (Å²) in [4.78, 5) is 4.88. The first-order valence-electron chi connectivity index (χ1n) is 7.61. The van der Waals surface area contributed by atoms with Crippen molar-refractivity contribution >= 4 is 0 Å². The SMILES string of the molecule is CC1(C)O[C@@H]2[C@H](O1)[C@H](CN=[N+]=[N-])N(Cc1ccccc1)[C@@H]2C#N. The molecule has 0 amide bonds. The van der Waals surface area contributed by atoms with Crippen LogP contribution in [0, 0.1) is 11.3 Å². The van der Waals surface area contributed by atoms with Crippen LogP contribution in [-0.4, -0.2) is 41.5 Å². The van der Waals surface area contributed by atoms with Gasteiger partial charge in [-0.2, -0.15) is 5.26 Å². The van der Waals surface area contributed by atoms with Gasteiger partial charge in [0.25, 0.3) is 0 Å². The third-order valence-electron chi connectivity index (χ3n) is 4.31. The Hall–Kier alpha value is -2.10. The third-order valence-corrected chi connectivity index (χ3v) is 4.31. The molecule has 1 aromatic carbocycles. The number of nitriles is 1. The first kappa shape index (κ1) is 15.8. The Bertz CT molecular complexity index is 650. The van der Waals surface area contributed by atoms with Gasteiger partial charge in [-0.15, -0.1) is 0 Å². The Morgan fingerprint density at radius 3 is 2.65 bits per heavy atom. The van der Waals surface area contributed by atoms with Crippen LogP contribution in [0.4, 0.5) is 0 Å². The molecule has 1 aromatic rings. The molecule has 0 N–H and O–H groups in total. The maximum atomic E-state index is 9.64. The third kappa shape index (κ3) is 3.03. The van der Waals surface area contributed by atoms with Gasteiger partial charge >= 0.3 is 0 Å². The van der Waals surface area contributed by atoms with Crippen molar-refractivity contribution in [3.8, 4) is 6.07 Å². The standard InChI is InChI=1S/C16H19N5O2/c1-16(2)22-14-12(8-17)21(10-11-6-4-3-5-7-11)13(9-19-20-18)15(14)23-16/h3-7,12-15H,9-10H2,1-2H3/t12-,13+,14+,15-/m1/s1. The van der Waals surface area contributed by atoms with E-state index < -0.39 is 11.8 Å². The van der Waals surface area contributed by atoms with Crippen LogP contribution in [0.2, 0.25) is 0 Å². The monoisotopic (exact) mass is 313 g/mol. The van der Waals surface area contributed by atoms with Crippen LogP contribution in [0.25, 0.3) is 10.4 Å². The lowest BCUT2D eigenvalue weighted by atomic mass is 10.1. The highest BCUT2D eigenvalue weighted by molar-refractivity contribution is 5.19. The first-order chi connectivity index (χ1) is 11.1. The van der Waals surface area contributed by atoms with E-state index >= 15 is 0 Å². The van der Waals surface area contributed by atoms with Gasteiger partial charge in [0.1, 0.15) is 18.2 Å². The van der Waals surface area contributed by atoms with Crippen molar-refractivity contribution in [3.05, 3.63) is 46.3 Å². The number of nitrogens with zero attached hydrogens (tertiary/aromatic N) is 5. The smallest absolute Gasteiger partial charge is 0.163 e. The highest BCUT2D eigenvalue weighted by Crippen LogP contribution is 2.41. The number of azide groups is 1. The Labute approximate surface area is 135 Å². The van der Waals surface area contributed by atoms with Crippen molar-refractivity contribution in [3.63, 3.8) is 0 Å². The second-order valence-electron chi connectivity index (χ2n) is 6.28. The van der Waals surface area contributed by atoms with E-state index in [0.717, 1.165) is 5.56 Å². The molecule has 0 saturated carbocycles. The van der Waals surface area contributed by atoms with Crippen molar-refractivity contribution in [1.82, 2.24) is 4.90 Å². The lowest BCUT2D eigenvalue weighted by Crippen LogP contribution is -2.43. The summed E-state index contributed by atoms with van der Waals surface area (Å²) >= 11 is 0. The van der Waals surface area contributed by atoms with E-state index in [2.05, 4.69) is 16.1 Å². The zero-order chi connectivity index (χ0) is 16.4. The molecule has 2 heterocycles. The minimum atomic E-state index is -0.724. The minimum absolute atomic E-state index is 0.178. The molecule has 120 valence electrons. The largest absolute Gasteiger partial charge is 0.343 e. The minimum Gasteiger partial charge on any atom is -0.343 e. The summed E-state index contributed by atoms with van der Waals surface area (Å²) in [5, 5.41) is 13.4. The van der Waals surface area contributed by atoms with E-state index in [1.807, 2.05) is 49.1 Å². The number of hydrogen-bond acceptors (Lipinski definition) is 5. The fraction of sp³-hybridized carbons (Fsp3) is 0.562. The van der Waals surface area contributed by atoms with E-state index in [-0.39, 0.29) is 24.8 Å². The van der Waals surface area contributed by atoms with Crippen molar-refractivity contribution in [2.24, 2.45) is 5.11 Å². The van der Waals surface area contributed by atoms with Crippen LogP contribution in [0.5, 0.6) is 0 Å². The van der Waals surface area contributed by atoms with Crippen molar-refractivity contribution < 1.29 is 9.47 Å². The van der Waals surface area contributed by atoms with Gasteiger partial charge in [-0.25, -0.2) is 0 Å². The molecule has 2 aliphatic rings. The lowest BCUT2D eigenvalue weighted by Gasteiger charge is -2.30. The molecule has 23 heavy (non-hydrogen) atoms. The zero-order valence-corrected chi connectivity index (χ0v) is 13.2. The Morgan fingerprint density at radius 2 is 2.00 bits per heavy atom. The summed E-state index contributed by atoms with van der Waals surface area (Å²) in [6.07, 6.45) is -0.610. The molecule has 0 unspecified atom stereocenters. The molecule has 0 spiro atoms. The molecular formula is C16H19N5O2. The molecule has 4 atom stereocenters. The second kappa shape index (κ2) is 6.19. The normalized spacial score (nSPS) is 32.0. The van der Waals surface area contributed by atoms with E-state index in [1.165, 1.54) is 0 Å². The van der Waals surface area contributed by atoms with Crippen molar-refractivity contribution in [1.29, 1.82) is 5.26 Å². The highest BCUT2D eigenvalue weighted by Gasteiger charge is 2.57. The fourth-order valence-electron chi connectivity index (χ4n) is 3.43. The van der Waals surface area contributed by atoms with Gasteiger partial charge in [-0.3, -0.25) is 4.90 Å². The second-order valence-corrected chi connectivity index (χ2v) is 6.28. The quantitative estimate of drug-likeness (QED) is 0.485. The molecule has 0 bridgehead atoms. The first-order valence-corrected chi connectivity index (χ1v) is 7.61. The van der Waals surface area contributed by atoms with Crippen LogP contribution < -0.4 is 0 Å². The number of fused-ring (bicyclic) bond motifs is 1. The summed E-state index contributed by atoms with van der Waals surface area (Å²) in [7, 11) is 0. The fourth-order valence-corrected chi connectivity index (χ4v) is 3.43. The zero-order valence-electron chi connectivity index (χ0n) is 13.2. The molecule has 0 aliphatic carbocycles. The average Bonchev–Trinajstić information content (AvgIpc) is 2.96. The van der Waals surface area contributed by atoms with Gasteiger partial charge < -0.3 is 9.47 Å². The molecule has 2 aliphatic heterocycles. The number of likely N-dealkylation sites (tertiary alicyclic amines) is 1. The summed E-state index contributed by atoms with van der Waals surface area (Å²) in [5.41, 5.74) is 9.77. The van der Waals surface area contributed by atoms with Gasteiger partial charge in [-0.05, 0) is 24.9 Å². The van der Waals surface area contributed by atoms with Crippen molar-refractivity contribution in [2.75, 3.05) is 6.54 Å². The number of hydrogen-bond donors (Lipinski definition) is 0. The molecule has 0 aromatic heterocycles. The number of rotatable bonds is 4. The van der Waals surface area contributed by atoms with Crippen LogP contribution in [0.1, 0.15) is 19.4 Å². The molecule has 0 radical (unpaired) electrons. The molecule has 2 saturated heterocycles. The van der Waals surface area contributed by atoms with Gasteiger partial charge in [0.2, 0.25) is 0 Å². The summed E-state index contributed by atoms with van der Waals surface area (Å²) in [5.74, 6) is -0.724. The Kier molecular flexibility index (Phi) is 4.24. The molecular weight excluding hydrogens is 294 g/mol. The summed E-state index contributed by atoms with van der Waals surface area (Å²) in [6.45, 7) is 4.52. The maximum Gasteiger partial charge on any atom is 0.163 e. The molecule has 2 fully saturated rings. The Morgan fingerprint density at radius 1 is 1.30 bits per heavy atom. The summed E-state index contributed by atoms with van der Waals surface area (Å²) < 4.78 is 11.9. The van der Waals surface area contributed by atoms with E-state index in [9.17, 15) is 5.26 Å². The average molecular weight is 313 g/mol.